The molecule has 0 saturated carbocycles. The van der Waals surface area contributed by atoms with Gasteiger partial charge in [0.05, 0.1) is 4.90 Å². The van der Waals surface area contributed by atoms with Crippen LogP contribution in [0.3, 0.4) is 0 Å². The average Bonchev–Trinajstić information content (AvgIpc) is 2.88. The van der Waals surface area contributed by atoms with E-state index in [-0.39, 0.29) is 24.4 Å². The summed E-state index contributed by atoms with van der Waals surface area (Å²) < 4.78 is 27.3. The van der Waals surface area contributed by atoms with E-state index in [1.54, 1.807) is 17.6 Å². The first-order valence-electron chi connectivity index (χ1n) is 11.2. The molecular weight excluding hydrogens is 440 g/mol. The fourth-order valence-corrected chi connectivity index (χ4v) is 5.68. The molecule has 2 aromatic carbocycles. The zero-order chi connectivity index (χ0) is 23.4. The highest BCUT2D eigenvalue weighted by atomic mass is 32.2. The largest absolute Gasteiger partial charge is 0.369 e. The predicted molar refractivity (Wildman–Crippen MR) is 128 cm³/mol. The van der Waals surface area contributed by atoms with Gasteiger partial charge in [0.15, 0.2) is 0 Å². The van der Waals surface area contributed by atoms with Crippen LogP contribution < -0.4 is 10.4 Å². The molecule has 0 aromatic heterocycles. The molecule has 1 amide bonds. The Morgan fingerprint density at radius 1 is 0.939 bits per heavy atom. The highest BCUT2D eigenvalue weighted by Gasteiger charge is 2.27. The van der Waals surface area contributed by atoms with E-state index in [1.807, 2.05) is 12.1 Å². The van der Waals surface area contributed by atoms with E-state index in [0.29, 0.717) is 5.57 Å². The van der Waals surface area contributed by atoms with Crippen LogP contribution in [0, 0.1) is 0 Å². The van der Waals surface area contributed by atoms with Gasteiger partial charge in [0.25, 0.3) is 5.91 Å². The third kappa shape index (κ3) is 5.11. The molecular formula is C24H30N4O4S. The minimum atomic E-state index is -3.66. The third-order valence-corrected chi connectivity index (χ3v) is 8.32. The number of nitrogens with zero attached hydrogens (tertiary/aromatic N) is 3. The molecule has 8 nitrogen and oxygen atoms in total. The van der Waals surface area contributed by atoms with Gasteiger partial charge in [-0.15, -0.1) is 0 Å². The summed E-state index contributed by atoms with van der Waals surface area (Å²) in [5.41, 5.74) is 5.17. The normalized spacial score (nSPS) is 18.1. The zero-order valence-electron chi connectivity index (χ0n) is 18.8. The zero-order valence-corrected chi connectivity index (χ0v) is 19.6. The summed E-state index contributed by atoms with van der Waals surface area (Å²) in [5.74, 6) is -0.592. The second-order valence-corrected chi connectivity index (χ2v) is 10.2. The van der Waals surface area contributed by atoms with Gasteiger partial charge >= 0.3 is 0 Å². The van der Waals surface area contributed by atoms with Crippen molar-refractivity contribution >= 4 is 21.6 Å². The number of rotatable bonds is 6. The second-order valence-electron chi connectivity index (χ2n) is 8.28. The highest BCUT2D eigenvalue weighted by molar-refractivity contribution is 7.89. The Bertz CT molecular complexity index is 1110. The van der Waals surface area contributed by atoms with Gasteiger partial charge in [0.1, 0.15) is 0 Å². The van der Waals surface area contributed by atoms with Crippen LogP contribution in [0.2, 0.25) is 0 Å². The van der Waals surface area contributed by atoms with Crippen molar-refractivity contribution in [1.82, 2.24) is 14.7 Å². The maximum Gasteiger partial charge on any atom is 0.270 e. The van der Waals surface area contributed by atoms with Crippen LogP contribution in [-0.4, -0.2) is 74.6 Å². The molecule has 2 heterocycles. The molecule has 0 atom stereocenters. The van der Waals surface area contributed by atoms with E-state index in [9.17, 15) is 13.2 Å². The Hall–Kier alpha value is -2.72. The van der Waals surface area contributed by atoms with Crippen molar-refractivity contribution in [3.05, 3.63) is 60.2 Å². The van der Waals surface area contributed by atoms with Gasteiger partial charge in [0, 0.05) is 50.5 Å². The van der Waals surface area contributed by atoms with Crippen molar-refractivity contribution in [1.29, 1.82) is 0 Å². The number of hydrogen-bond acceptors (Lipinski definition) is 6. The lowest BCUT2D eigenvalue weighted by Gasteiger charge is -2.35. The predicted octanol–water partition coefficient (Wildman–Crippen LogP) is 2.32. The number of likely N-dealkylation sites (N-methyl/N-ethyl adjacent to an activating group) is 1. The molecule has 1 fully saturated rings. The summed E-state index contributed by atoms with van der Waals surface area (Å²) in [6, 6.07) is 15.3. The molecule has 0 aliphatic carbocycles. The number of carbonyl (C=O) groups is 1. The third-order valence-electron chi connectivity index (χ3n) is 6.44. The van der Waals surface area contributed by atoms with Gasteiger partial charge in [-0.3, -0.25) is 10.0 Å². The van der Waals surface area contributed by atoms with Crippen LogP contribution >= 0.6 is 0 Å². The van der Waals surface area contributed by atoms with Crippen LogP contribution in [-0.2, 0) is 14.8 Å². The number of hydroxylamine groups is 1. The summed E-state index contributed by atoms with van der Waals surface area (Å²) in [5, 5.41) is 8.73. The minimum Gasteiger partial charge on any atom is -0.369 e. The lowest BCUT2D eigenvalue weighted by atomic mass is 10.1. The van der Waals surface area contributed by atoms with E-state index in [0.717, 1.165) is 43.9 Å². The van der Waals surface area contributed by atoms with Gasteiger partial charge in [-0.05, 0) is 48.4 Å². The van der Waals surface area contributed by atoms with E-state index in [1.165, 1.54) is 16.1 Å². The number of benzene rings is 2. The first kappa shape index (κ1) is 23.4. The van der Waals surface area contributed by atoms with Crippen LogP contribution in [0.25, 0.3) is 11.1 Å². The molecule has 2 aliphatic heterocycles. The molecule has 0 bridgehead atoms. The molecule has 0 spiro atoms. The summed E-state index contributed by atoms with van der Waals surface area (Å²) >= 11 is 0. The first-order chi connectivity index (χ1) is 15.9. The lowest BCUT2D eigenvalue weighted by molar-refractivity contribution is -0.125. The second kappa shape index (κ2) is 10.0. The van der Waals surface area contributed by atoms with Gasteiger partial charge < -0.3 is 9.80 Å². The number of sulfonamides is 1. The number of nitrogens with one attached hydrogen (secondary N) is 1. The molecule has 33 heavy (non-hydrogen) atoms. The molecule has 0 radical (unpaired) electrons. The minimum absolute atomic E-state index is 0.0980. The molecule has 9 heteroatoms. The van der Waals surface area contributed by atoms with Gasteiger partial charge in [-0.1, -0.05) is 37.3 Å². The molecule has 2 aromatic rings. The monoisotopic (exact) mass is 470 g/mol. The summed E-state index contributed by atoms with van der Waals surface area (Å²) in [6.45, 7) is 7.79. The Morgan fingerprint density at radius 3 is 2.06 bits per heavy atom. The van der Waals surface area contributed by atoms with E-state index in [4.69, 9.17) is 5.21 Å². The van der Waals surface area contributed by atoms with Crippen LogP contribution in [0.1, 0.15) is 13.3 Å². The lowest BCUT2D eigenvalue weighted by Crippen LogP contribution is -2.46. The molecule has 4 rings (SSSR count). The summed E-state index contributed by atoms with van der Waals surface area (Å²) in [4.78, 5) is 16.6. The number of anilines is 1. The molecule has 0 unspecified atom stereocenters. The quantitative estimate of drug-likeness (QED) is 0.497. The van der Waals surface area contributed by atoms with E-state index < -0.39 is 15.9 Å². The first-order valence-corrected chi connectivity index (χ1v) is 12.7. The maximum absolute atomic E-state index is 13.0. The molecule has 2 N–H and O–H groups in total. The molecule has 176 valence electrons. The van der Waals surface area contributed by atoms with Crippen molar-refractivity contribution in [2.45, 2.75) is 18.2 Å². The Kier molecular flexibility index (Phi) is 7.14. The number of hydrogen-bond donors (Lipinski definition) is 2. The molecule has 1 saturated heterocycles. The SMILES string of the molecule is CCN1CCN(c2ccc(-c3ccc(S(=O)(=O)N4CC=C(C(=O)NO)CC4)cc3)cc2)CC1. The fraction of sp³-hybridized carbons (Fsp3) is 0.375. The van der Waals surface area contributed by atoms with Crippen LogP contribution in [0.5, 0.6) is 0 Å². The van der Waals surface area contributed by atoms with Crippen molar-refractivity contribution in [3.63, 3.8) is 0 Å². The van der Waals surface area contributed by atoms with Gasteiger partial charge in [-0.2, -0.15) is 4.31 Å². The maximum atomic E-state index is 13.0. The van der Waals surface area contributed by atoms with Crippen LogP contribution in [0.4, 0.5) is 5.69 Å². The number of piperazine rings is 1. The number of carbonyl (C=O) groups excluding carboxylic acids is 1. The van der Waals surface area contributed by atoms with Gasteiger partial charge in [0.2, 0.25) is 10.0 Å². The van der Waals surface area contributed by atoms with Crippen molar-refractivity contribution < 1.29 is 18.4 Å². The van der Waals surface area contributed by atoms with Gasteiger partial charge in [-0.25, -0.2) is 13.9 Å². The van der Waals surface area contributed by atoms with E-state index in [2.05, 4.69) is 41.0 Å². The fourth-order valence-electron chi connectivity index (χ4n) is 4.30. The Labute approximate surface area is 195 Å². The topological polar surface area (TPSA) is 93.2 Å². The smallest absolute Gasteiger partial charge is 0.270 e. The summed E-state index contributed by atoms with van der Waals surface area (Å²) in [6.07, 6.45) is 1.79. The standard InChI is InChI=1S/C24H30N4O4S/c1-2-26-15-17-27(18-16-26)22-7-3-19(4-8-22)20-5-9-23(10-6-20)33(31,32)28-13-11-21(12-14-28)24(29)25-30/h3-11,30H,2,12-18H2,1H3,(H,25,29). The number of amides is 1. The molecule has 2 aliphatic rings. The van der Waals surface area contributed by atoms with Crippen molar-refractivity contribution in [3.8, 4) is 11.1 Å². The highest BCUT2D eigenvalue weighted by Crippen LogP contribution is 2.27. The van der Waals surface area contributed by atoms with E-state index >= 15 is 0 Å². The Balaban J connectivity index is 1.43. The Morgan fingerprint density at radius 2 is 1.55 bits per heavy atom. The van der Waals surface area contributed by atoms with Crippen molar-refractivity contribution in [2.24, 2.45) is 0 Å². The van der Waals surface area contributed by atoms with Crippen LogP contribution in [0.15, 0.2) is 65.1 Å². The van der Waals surface area contributed by atoms with Crippen molar-refractivity contribution in [2.75, 3.05) is 50.7 Å². The summed E-state index contributed by atoms with van der Waals surface area (Å²) in [7, 11) is -3.66. The average molecular weight is 471 g/mol.